The second kappa shape index (κ2) is 12.5. The maximum atomic E-state index is 13.3. The molecule has 0 aliphatic heterocycles. The minimum Gasteiger partial charge on any atom is -0.465 e. The molecule has 14 atom stereocenters. The van der Waals surface area contributed by atoms with Crippen molar-refractivity contribution < 1.29 is 38.4 Å². The average molecular weight is 617 g/mol. The van der Waals surface area contributed by atoms with E-state index in [1.54, 1.807) is 0 Å². The van der Waals surface area contributed by atoms with Gasteiger partial charge in [0.2, 0.25) is 0 Å². The number of ether oxygens (including phenoxy) is 4. The van der Waals surface area contributed by atoms with Crippen LogP contribution < -0.4 is 0 Å². The van der Waals surface area contributed by atoms with E-state index in [1.807, 2.05) is 0 Å². The first-order chi connectivity index (χ1) is 21.1. The first kappa shape index (κ1) is 32.3. The van der Waals surface area contributed by atoms with E-state index in [-0.39, 0.29) is 65.3 Å². The SMILES string of the molecule is CC[C@]1(OC(=O)CC[C@@H](C)[C@H]2CC[C@H]3[C@@H]4[C@H](OCO)C[C@@H]5C[C@H](OC=O)CC[C@]5(C)[C@H]4C[C@H](OC=O)[C@]23C)C[C@@H]2CC[C@H]1C2. The van der Waals surface area contributed by atoms with Crippen molar-refractivity contribution in [1.82, 2.24) is 0 Å². The monoisotopic (exact) mass is 616 g/mol. The number of aliphatic hydroxyl groups excluding tert-OH is 1. The molecule has 0 unspecified atom stereocenters. The molecule has 0 amide bonds. The lowest BCUT2D eigenvalue weighted by molar-refractivity contribution is -0.231. The molecule has 0 aromatic heterocycles. The lowest BCUT2D eigenvalue weighted by atomic mass is 9.43. The molecule has 1 N–H and O–H groups in total. The number of carbonyl (C=O) groups excluding carboxylic acids is 3. The molecule has 6 aliphatic carbocycles. The number of aliphatic hydroxyl groups is 1. The first-order valence-electron chi connectivity index (χ1n) is 17.8. The van der Waals surface area contributed by atoms with Gasteiger partial charge in [-0.25, -0.2) is 0 Å². The summed E-state index contributed by atoms with van der Waals surface area (Å²) in [6, 6.07) is 0. The Kier molecular flexibility index (Phi) is 9.17. The fraction of sp³-hybridized carbons (Fsp3) is 0.917. The highest BCUT2D eigenvalue weighted by atomic mass is 16.6. The predicted molar refractivity (Wildman–Crippen MR) is 163 cm³/mol. The highest BCUT2D eigenvalue weighted by Crippen LogP contribution is 2.69. The average Bonchev–Trinajstić information content (AvgIpc) is 3.71. The molecule has 44 heavy (non-hydrogen) atoms. The second-order valence-electron chi connectivity index (χ2n) is 16.2. The maximum Gasteiger partial charge on any atom is 0.306 e. The summed E-state index contributed by atoms with van der Waals surface area (Å²) in [6.45, 7) is 10.1. The van der Waals surface area contributed by atoms with Gasteiger partial charge in [0, 0.05) is 11.8 Å². The molecule has 6 rings (SSSR count). The Morgan fingerprint density at radius 3 is 2.41 bits per heavy atom. The van der Waals surface area contributed by atoms with Crippen LogP contribution in [0.15, 0.2) is 0 Å². The van der Waals surface area contributed by atoms with Crippen LogP contribution in [0.3, 0.4) is 0 Å². The van der Waals surface area contributed by atoms with Crippen molar-refractivity contribution in [3.63, 3.8) is 0 Å². The summed E-state index contributed by atoms with van der Waals surface area (Å²) < 4.78 is 23.9. The molecule has 6 fully saturated rings. The molecule has 0 spiro atoms. The largest absolute Gasteiger partial charge is 0.465 e. The summed E-state index contributed by atoms with van der Waals surface area (Å²) in [4.78, 5) is 36.4. The van der Waals surface area contributed by atoms with Crippen LogP contribution in [-0.4, -0.2) is 54.7 Å². The standard InChI is InChI=1S/C36H56O8/c1-5-36(18-23-7-8-24(36)14-23)44-32(40)11-6-22(2)27-9-10-28-33-29(17-31(43-21-39)35(27,28)4)34(3)13-12-26(41-19-37)15-25(34)16-30(33)42-20-38/h19,21-31,33,38H,5-18,20H2,1-4H3/t22-,23-,24+,25+,26-,27-,28+,29+,30-,31+,33+,34+,35-,36+/m1/s1. The third kappa shape index (κ3) is 5.22. The summed E-state index contributed by atoms with van der Waals surface area (Å²) in [5, 5.41) is 9.97. The van der Waals surface area contributed by atoms with E-state index in [4.69, 9.17) is 18.9 Å². The van der Waals surface area contributed by atoms with E-state index < -0.39 is 0 Å². The molecule has 248 valence electrons. The molecule has 6 aliphatic rings. The Hall–Kier alpha value is -1.67. The number of esters is 1. The van der Waals surface area contributed by atoms with E-state index in [2.05, 4.69) is 27.7 Å². The summed E-state index contributed by atoms with van der Waals surface area (Å²) >= 11 is 0. The van der Waals surface area contributed by atoms with Crippen molar-refractivity contribution in [2.45, 2.75) is 141 Å². The Bertz CT molecular complexity index is 1060. The van der Waals surface area contributed by atoms with Crippen molar-refractivity contribution >= 4 is 18.9 Å². The van der Waals surface area contributed by atoms with Crippen LogP contribution in [0.4, 0.5) is 0 Å². The van der Waals surface area contributed by atoms with Gasteiger partial charge < -0.3 is 24.1 Å². The van der Waals surface area contributed by atoms with Gasteiger partial charge in [0.25, 0.3) is 12.9 Å². The Morgan fingerprint density at radius 2 is 1.75 bits per heavy atom. The summed E-state index contributed by atoms with van der Waals surface area (Å²) in [6.07, 6.45) is 12.8. The maximum absolute atomic E-state index is 13.3. The van der Waals surface area contributed by atoms with E-state index in [0.717, 1.165) is 70.1 Å². The topological polar surface area (TPSA) is 108 Å². The van der Waals surface area contributed by atoms with Crippen molar-refractivity contribution in [1.29, 1.82) is 0 Å². The van der Waals surface area contributed by atoms with Crippen LogP contribution in [0.5, 0.6) is 0 Å². The Labute approximate surface area is 263 Å². The lowest BCUT2D eigenvalue weighted by Crippen LogP contribution is -2.63. The molecule has 0 heterocycles. The summed E-state index contributed by atoms with van der Waals surface area (Å²) in [5.74, 6) is 2.94. The summed E-state index contributed by atoms with van der Waals surface area (Å²) in [5.41, 5.74) is -0.459. The van der Waals surface area contributed by atoms with E-state index >= 15 is 0 Å². The van der Waals surface area contributed by atoms with Gasteiger partial charge in [-0.1, -0.05) is 27.7 Å². The minimum absolute atomic E-state index is 0.0247. The van der Waals surface area contributed by atoms with E-state index in [9.17, 15) is 19.5 Å². The van der Waals surface area contributed by atoms with Crippen molar-refractivity contribution in [2.75, 3.05) is 6.79 Å². The zero-order valence-corrected chi connectivity index (χ0v) is 27.4. The quantitative estimate of drug-likeness (QED) is 0.119. The van der Waals surface area contributed by atoms with Crippen LogP contribution in [0.25, 0.3) is 0 Å². The number of hydrogen-bond acceptors (Lipinski definition) is 8. The van der Waals surface area contributed by atoms with Gasteiger partial charge in [-0.15, -0.1) is 0 Å². The van der Waals surface area contributed by atoms with Crippen LogP contribution in [0.1, 0.15) is 118 Å². The third-order valence-electron chi connectivity index (χ3n) is 14.8. The van der Waals surface area contributed by atoms with E-state index in [0.29, 0.717) is 43.0 Å². The van der Waals surface area contributed by atoms with Gasteiger partial charge >= 0.3 is 5.97 Å². The van der Waals surface area contributed by atoms with Gasteiger partial charge in [-0.2, -0.15) is 0 Å². The minimum atomic E-state index is -0.313. The fourth-order valence-corrected chi connectivity index (χ4v) is 12.7. The molecule has 8 nitrogen and oxygen atoms in total. The molecule has 0 saturated heterocycles. The Morgan fingerprint density at radius 1 is 0.955 bits per heavy atom. The zero-order valence-electron chi connectivity index (χ0n) is 27.4. The smallest absolute Gasteiger partial charge is 0.306 e. The number of hydrogen-bond donors (Lipinski definition) is 1. The molecule has 2 bridgehead atoms. The zero-order chi connectivity index (χ0) is 31.3. The lowest BCUT2D eigenvalue weighted by Gasteiger charge is -2.64. The van der Waals surface area contributed by atoms with Gasteiger partial charge in [0.05, 0.1) is 6.10 Å². The summed E-state index contributed by atoms with van der Waals surface area (Å²) in [7, 11) is 0. The molecule has 0 aromatic rings. The number of rotatable bonds is 12. The fourth-order valence-electron chi connectivity index (χ4n) is 12.7. The van der Waals surface area contributed by atoms with Crippen molar-refractivity contribution in [2.24, 2.45) is 58.2 Å². The Balaban J connectivity index is 1.19. The third-order valence-corrected chi connectivity index (χ3v) is 14.8. The van der Waals surface area contributed by atoms with Crippen molar-refractivity contribution in [3.05, 3.63) is 0 Å². The molecule has 0 radical (unpaired) electrons. The normalized spacial score (nSPS) is 48.0. The van der Waals surface area contributed by atoms with Crippen LogP contribution in [0, 0.1) is 58.2 Å². The van der Waals surface area contributed by atoms with Crippen molar-refractivity contribution in [3.8, 4) is 0 Å². The molecular weight excluding hydrogens is 560 g/mol. The first-order valence-corrected chi connectivity index (χ1v) is 17.8. The van der Waals surface area contributed by atoms with Gasteiger partial charge in [0.15, 0.2) is 0 Å². The highest BCUT2D eigenvalue weighted by molar-refractivity contribution is 5.70. The molecule has 0 aromatic carbocycles. The predicted octanol–water partition coefficient (Wildman–Crippen LogP) is 6.21. The van der Waals surface area contributed by atoms with Crippen LogP contribution in [-0.2, 0) is 33.3 Å². The highest BCUT2D eigenvalue weighted by Gasteiger charge is 2.67. The second-order valence-corrected chi connectivity index (χ2v) is 16.2. The van der Waals surface area contributed by atoms with Gasteiger partial charge in [-0.3, -0.25) is 14.4 Å². The van der Waals surface area contributed by atoms with Gasteiger partial charge in [-0.05, 0) is 136 Å². The van der Waals surface area contributed by atoms with Crippen LogP contribution >= 0.6 is 0 Å². The number of fused-ring (bicyclic) bond motifs is 7. The molecular formula is C36H56O8. The van der Waals surface area contributed by atoms with E-state index in [1.165, 1.54) is 19.3 Å². The van der Waals surface area contributed by atoms with Gasteiger partial charge in [0.1, 0.15) is 24.6 Å². The number of carbonyl (C=O) groups is 3. The van der Waals surface area contributed by atoms with Crippen LogP contribution in [0.2, 0.25) is 0 Å². The molecule has 6 saturated carbocycles. The molecule has 8 heteroatoms.